The van der Waals surface area contributed by atoms with Crippen LogP contribution >= 0.6 is 0 Å². The number of likely N-dealkylation sites (tertiary alicyclic amines) is 1. The fraction of sp³-hybridized carbons (Fsp3) is 0.286. The van der Waals surface area contributed by atoms with E-state index in [0.717, 1.165) is 18.4 Å². The molecule has 28 heavy (non-hydrogen) atoms. The Morgan fingerprint density at radius 2 is 1.82 bits per heavy atom. The molecule has 0 spiro atoms. The fourth-order valence-electron chi connectivity index (χ4n) is 3.00. The number of rotatable bonds is 6. The Balaban J connectivity index is 1.76. The van der Waals surface area contributed by atoms with Crippen molar-refractivity contribution in [3.63, 3.8) is 0 Å². The smallest absolute Gasteiger partial charge is 0.261 e. The summed E-state index contributed by atoms with van der Waals surface area (Å²) >= 11 is 0. The highest BCUT2D eigenvalue weighted by Gasteiger charge is 2.22. The number of nitrogens with zero attached hydrogens (tertiary/aromatic N) is 1. The summed E-state index contributed by atoms with van der Waals surface area (Å²) in [7, 11) is -3.81. The van der Waals surface area contributed by atoms with Gasteiger partial charge in [0.15, 0.2) is 0 Å². The number of anilines is 1. The molecule has 0 aliphatic carbocycles. The van der Waals surface area contributed by atoms with Gasteiger partial charge in [-0.2, -0.15) is 0 Å². The van der Waals surface area contributed by atoms with Crippen molar-refractivity contribution in [3.8, 4) is 5.75 Å². The third-order valence-electron chi connectivity index (χ3n) is 4.57. The van der Waals surface area contributed by atoms with Gasteiger partial charge >= 0.3 is 0 Å². The summed E-state index contributed by atoms with van der Waals surface area (Å²) in [5, 5.41) is 0. The highest BCUT2D eigenvalue weighted by molar-refractivity contribution is 7.92. The molecule has 1 saturated heterocycles. The standard InChI is InChI=1S/C21H24N2O4S/c1-3-27-19-9-7-18(8-10-19)22-28(25,26)20-6-4-5-17(15-20)21(24)23-13-11-16(2)12-14-23/h4-10,15,22H,2-3,11-14H2,1H3. The van der Waals surface area contributed by atoms with Crippen molar-refractivity contribution in [2.75, 3.05) is 24.4 Å². The first kappa shape index (κ1) is 19.9. The molecule has 7 heteroatoms. The first-order chi connectivity index (χ1) is 13.4. The molecule has 0 saturated carbocycles. The molecule has 6 nitrogen and oxygen atoms in total. The summed E-state index contributed by atoms with van der Waals surface area (Å²) < 4.78 is 33.3. The first-order valence-corrected chi connectivity index (χ1v) is 10.7. The maximum absolute atomic E-state index is 12.7. The van der Waals surface area contributed by atoms with Gasteiger partial charge in [-0.1, -0.05) is 18.2 Å². The molecule has 1 N–H and O–H groups in total. The Bertz CT molecular complexity index is 958. The van der Waals surface area contributed by atoms with Crippen LogP contribution < -0.4 is 9.46 Å². The molecule has 1 aliphatic heterocycles. The number of sulfonamides is 1. The number of carbonyl (C=O) groups is 1. The number of hydrogen-bond donors (Lipinski definition) is 1. The molecule has 1 amide bonds. The summed E-state index contributed by atoms with van der Waals surface area (Å²) in [5.41, 5.74) is 1.93. The zero-order valence-electron chi connectivity index (χ0n) is 15.8. The van der Waals surface area contributed by atoms with Crippen molar-refractivity contribution < 1.29 is 17.9 Å². The Labute approximate surface area is 165 Å². The van der Waals surface area contributed by atoms with Gasteiger partial charge in [0.1, 0.15) is 5.75 Å². The predicted molar refractivity (Wildman–Crippen MR) is 109 cm³/mol. The fourth-order valence-corrected chi connectivity index (χ4v) is 4.11. The van der Waals surface area contributed by atoms with Gasteiger partial charge in [0, 0.05) is 24.3 Å². The summed E-state index contributed by atoms with van der Waals surface area (Å²) in [5.74, 6) is 0.507. The zero-order chi connectivity index (χ0) is 20.1. The van der Waals surface area contributed by atoms with Crippen molar-refractivity contribution in [2.24, 2.45) is 0 Å². The molecular weight excluding hydrogens is 376 g/mol. The summed E-state index contributed by atoms with van der Waals surface area (Å²) in [6.07, 6.45) is 1.56. The van der Waals surface area contributed by atoms with Crippen LogP contribution in [0.1, 0.15) is 30.1 Å². The normalized spacial score (nSPS) is 14.6. The monoisotopic (exact) mass is 400 g/mol. The van der Waals surface area contributed by atoms with Crippen molar-refractivity contribution in [1.29, 1.82) is 0 Å². The van der Waals surface area contributed by atoms with Crippen LogP contribution in [0.5, 0.6) is 5.75 Å². The zero-order valence-corrected chi connectivity index (χ0v) is 16.7. The quantitative estimate of drug-likeness (QED) is 0.751. The van der Waals surface area contributed by atoms with Crippen LogP contribution in [0.3, 0.4) is 0 Å². The summed E-state index contributed by atoms with van der Waals surface area (Å²) in [6.45, 7) is 7.59. The van der Waals surface area contributed by atoms with E-state index in [-0.39, 0.29) is 10.8 Å². The van der Waals surface area contributed by atoms with Crippen LogP contribution in [0, 0.1) is 0 Å². The van der Waals surface area contributed by atoms with E-state index in [9.17, 15) is 13.2 Å². The molecule has 148 valence electrons. The number of piperidine rings is 1. The van der Waals surface area contributed by atoms with Gasteiger partial charge in [-0.3, -0.25) is 9.52 Å². The van der Waals surface area contributed by atoms with Crippen molar-refractivity contribution in [3.05, 3.63) is 66.2 Å². The van der Waals surface area contributed by atoms with Gasteiger partial charge in [-0.15, -0.1) is 0 Å². The number of amides is 1. The SMILES string of the molecule is C=C1CCN(C(=O)c2cccc(S(=O)(=O)Nc3ccc(OCC)cc3)c2)CC1. The van der Waals surface area contributed by atoms with Crippen molar-refractivity contribution in [2.45, 2.75) is 24.7 Å². The lowest BCUT2D eigenvalue weighted by Gasteiger charge is -2.28. The molecule has 2 aromatic carbocycles. The van der Waals surface area contributed by atoms with Crippen LogP contribution in [-0.2, 0) is 10.0 Å². The van der Waals surface area contributed by atoms with Gasteiger partial charge in [-0.05, 0) is 62.2 Å². The van der Waals surface area contributed by atoms with Crippen LogP contribution in [-0.4, -0.2) is 38.9 Å². The number of nitrogens with one attached hydrogen (secondary N) is 1. The minimum Gasteiger partial charge on any atom is -0.494 e. The number of ether oxygens (including phenoxy) is 1. The van der Waals surface area contributed by atoms with Gasteiger partial charge in [0.2, 0.25) is 0 Å². The van der Waals surface area contributed by atoms with Crippen LogP contribution in [0.15, 0.2) is 65.6 Å². The van der Waals surface area contributed by atoms with Crippen molar-refractivity contribution >= 4 is 21.6 Å². The summed E-state index contributed by atoms with van der Waals surface area (Å²) in [4.78, 5) is 14.5. The van der Waals surface area contributed by atoms with E-state index >= 15 is 0 Å². The first-order valence-electron chi connectivity index (χ1n) is 9.21. The Kier molecular flexibility index (Phi) is 6.04. The molecule has 1 heterocycles. The average molecular weight is 401 g/mol. The van der Waals surface area contributed by atoms with Gasteiger partial charge in [-0.25, -0.2) is 8.42 Å². The topological polar surface area (TPSA) is 75.7 Å². The molecule has 1 fully saturated rings. The van der Waals surface area contributed by atoms with Gasteiger partial charge in [0.05, 0.1) is 11.5 Å². The second kappa shape index (κ2) is 8.48. The largest absolute Gasteiger partial charge is 0.494 e. The molecule has 0 bridgehead atoms. The van der Waals surface area contributed by atoms with E-state index in [1.54, 1.807) is 41.3 Å². The second-order valence-corrected chi connectivity index (χ2v) is 8.32. The predicted octanol–water partition coefficient (Wildman–Crippen LogP) is 3.68. The van der Waals surface area contributed by atoms with E-state index in [0.29, 0.717) is 36.7 Å². The lowest BCUT2D eigenvalue weighted by Crippen LogP contribution is -2.36. The van der Waals surface area contributed by atoms with E-state index in [2.05, 4.69) is 11.3 Å². The molecule has 0 aromatic heterocycles. The molecular formula is C21H24N2O4S. The highest BCUT2D eigenvalue weighted by atomic mass is 32.2. The summed E-state index contributed by atoms with van der Waals surface area (Å²) in [6, 6.07) is 12.8. The molecule has 0 unspecified atom stereocenters. The molecule has 1 aliphatic rings. The van der Waals surface area contributed by atoms with Gasteiger partial charge < -0.3 is 9.64 Å². The van der Waals surface area contributed by atoms with E-state index in [1.165, 1.54) is 12.1 Å². The Morgan fingerprint density at radius 3 is 2.46 bits per heavy atom. The molecule has 3 rings (SSSR count). The van der Waals surface area contributed by atoms with E-state index in [1.807, 2.05) is 6.92 Å². The van der Waals surface area contributed by atoms with Crippen LogP contribution in [0.25, 0.3) is 0 Å². The highest BCUT2D eigenvalue weighted by Crippen LogP contribution is 2.22. The third-order valence-corrected chi connectivity index (χ3v) is 5.95. The lowest BCUT2D eigenvalue weighted by atomic mass is 10.0. The van der Waals surface area contributed by atoms with E-state index < -0.39 is 10.0 Å². The lowest BCUT2D eigenvalue weighted by molar-refractivity contribution is 0.0743. The minimum absolute atomic E-state index is 0.0497. The third kappa shape index (κ3) is 4.72. The number of benzene rings is 2. The number of hydrogen-bond acceptors (Lipinski definition) is 4. The molecule has 0 radical (unpaired) electrons. The Morgan fingerprint density at radius 1 is 1.14 bits per heavy atom. The van der Waals surface area contributed by atoms with Crippen LogP contribution in [0.4, 0.5) is 5.69 Å². The van der Waals surface area contributed by atoms with E-state index in [4.69, 9.17) is 4.74 Å². The maximum atomic E-state index is 12.7. The second-order valence-electron chi connectivity index (χ2n) is 6.63. The van der Waals surface area contributed by atoms with Crippen molar-refractivity contribution in [1.82, 2.24) is 4.90 Å². The minimum atomic E-state index is -3.81. The van der Waals surface area contributed by atoms with Crippen LogP contribution in [0.2, 0.25) is 0 Å². The number of carbonyl (C=O) groups excluding carboxylic acids is 1. The van der Waals surface area contributed by atoms with Gasteiger partial charge in [0.25, 0.3) is 15.9 Å². The molecule has 2 aromatic rings. The molecule has 0 atom stereocenters. The Hall–Kier alpha value is -2.80. The average Bonchev–Trinajstić information content (AvgIpc) is 2.70. The maximum Gasteiger partial charge on any atom is 0.261 e.